The molecule has 3 aromatic rings. The molecule has 0 saturated heterocycles. The number of carbonyl (C=O) groups excluding carboxylic acids is 1. The lowest BCUT2D eigenvalue weighted by atomic mass is 9.97. The molecule has 144 valence electrons. The van der Waals surface area contributed by atoms with Crippen molar-refractivity contribution >= 4 is 17.0 Å². The molecule has 0 aliphatic carbocycles. The summed E-state index contributed by atoms with van der Waals surface area (Å²) in [6, 6.07) is 15.1. The number of hydrogen-bond acceptors (Lipinski definition) is 5. The van der Waals surface area contributed by atoms with Crippen LogP contribution in [-0.4, -0.2) is 39.1 Å². The molecule has 0 N–H and O–H groups in total. The van der Waals surface area contributed by atoms with Gasteiger partial charge in [0.05, 0.1) is 5.56 Å². The van der Waals surface area contributed by atoms with Crippen molar-refractivity contribution in [3.05, 3.63) is 71.8 Å². The van der Waals surface area contributed by atoms with Crippen LogP contribution in [0.1, 0.15) is 48.1 Å². The molecule has 6 nitrogen and oxygen atoms in total. The van der Waals surface area contributed by atoms with Crippen molar-refractivity contribution in [3.63, 3.8) is 0 Å². The first-order valence-electron chi connectivity index (χ1n) is 9.79. The molecule has 0 fully saturated rings. The maximum Gasteiger partial charge on any atom is 0.365 e. The molecule has 6 heteroatoms. The van der Waals surface area contributed by atoms with Gasteiger partial charge in [-0.15, -0.1) is 5.10 Å². The normalized spacial score (nSPS) is 17.1. The van der Waals surface area contributed by atoms with Gasteiger partial charge in [0.25, 0.3) is 0 Å². The number of aromatic nitrogens is 3. The monoisotopic (exact) mass is 376 g/mol. The van der Waals surface area contributed by atoms with Crippen LogP contribution in [0.2, 0.25) is 0 Å². The number of hydrogen-bond donors (Lipinski definition) is 0. The summed E-state index contributed by atoms with van der Waals surface area (Å²) in [7, 11) is 0. The van der Waals surface area contributed by atoms with Crippen LogP contribution >= 0.6 is 0 Å². The third kappa shape index (κ3) is 3.68. The van der Waals surface area contributed by atoms with Gasteiger partial charge in [0.15, 0.2) is 0 Å². The Kier molecular flexibility index (Phi) is 5.48. The Morgan fingerprint density at radius 3 is 2.82 bits per heavy atom. The lowest BCUT2D eigenvalue weighted by Crippen LogP contribution is -2.32. The molecule has 2 aromatic carbocycles. The summed E-state index contributed by atoms with van der Waals surface area (Å²) in [5.74, 6) is -0.456. The minimum atomic E-state index is -0.456. The van der Waals surface area contributed by atoms with Gasteiger partial charge in [0, 0.05) is 12.6 Å². The van der Waals surface area contributed by atoms with Gasteiger partial charge >= 0.3 is 5.97 Å². The van der Waals surface area contributed by atoms with Crippen LogP contribution in [-0.2, 0) is 0 Å². The van der Waals surface area contributed by atoms with Crippen LogP contribution in [0.5, 0.6) is 0 Å². The van der Waals surface area contributed by atoms with Gasteiger partial charge < -0.3 is 4.84 Å². The van der Waals surface area contributed by atoms with E-state index in [0.717, 1.165) is 30.6 Å². The second kappa shape index (κ2) is 8.35. The van der Waals surface area contributed by atoms with Gasteiger partial charge in [-0.1, -0.05) is 60.7 Å². The minimum absolute atomic E-state index is 0.259. The minimum Gasteiger partial charge on any atom is -0.312 e. The van der Waals surface area contributed by atoms with E-state index >= 15 is 0 Å². The fourth-order valence-corrected chi connectivity index (χ4v) is 3.63. The lowest BCUT2D eigenvalue weighted by molar-refractivity contribution is 0.0409. The molecule has 0 amide bonds. The number of benzene rings is 2. The van der Waals surface area contributed by atoms with E-state index in [1.807, 2.05) is 18.2 Å². The smallest absolute Gasteiger partial charge is 0.312 e. The largest absolute Gasteiger partial charge is 0.365 e. The van der Waals surface area contributed by atoms with E-state index in [0.29, 0.717) is 11.1 Å². The van der Waals surface area contributed by atoms with E-state index in [9.17, 15) is 4.79 Å². The highest BCUT2D eigenvalue weighted by Crippen LogP contribution is 2.32. The van der Waals surface area contributed by atoms with Gasteiger partial charge in [-0.25, -0.2) is 4.79 Å². The van der Waals surface area contributed by atoms with Crippen molar-refractivity contribution in [2.24, 2.45) is 0 Å². The maximum atomic E-state index is 12.4. The molecule has 0 radical (unpaired) electrons. The molecule has 28 heavy (non-hydrogen) atoms. The number of fused-ring (bicyclic) bond motifs is 1. The van der Waals surface area contributed by atoms with Crippen molar-refractivity contribution < 1.29 is 9.63 Å². The zero-order valence-electron chi connectivity index (χ0n) is 16.0. The number of carbonyl (C=O) groups is 1. The third-order valence-corrected chi connectivity index (χ3v) is 5.12. The summed E-state index contributed by atoms with van der Waals surface area (Å²) < 4.78 is 0. The van der Waals surface area contributed by atoms with Crippen LogP contribution in [0, 0.1) is 0 Å². The zero-order valence-corrected chi connectivity index (χ0v) is 16.0. The Balaban J connectivity index is 1.63. The van der Waals surface area contributed by atoms with E-state index < -0.39 is 5.97 Å². The fraction of sp³-hybridized carbons (Fsp3) is 0.318. The molecular formula is C22H24N4O2. The summed E-state index contributed by atoms with van der Waals surface area (Å²) in [6.07, 6.45) is 7.74. The zero-order chi connectivity index (χ0) is 19.3. The van der Waals surface area contributed by atoms with Crippen molar-refractivity contribution in [2.75, 3.05) is 13.1 Å². The number of unbranched alkanes of at least 4 members (excludes halogenated alkanes) is 1. The third-order valence-electron chi connectivity index (χ3n) is 5.12. The average molecular weight is 376 g/mol. The van der Waals surface area contributed by atoms with Crippen LogP contribution in [0.3, 0.4) is 0 Å². The van der Waals surface area contributed by atoms with Gasteiger partial charge in [0.2, 0.25) is 0 Å². The first-order valence-corrected chi connectivity index (χ1v) is 9.79. The Bertz CT molecular complexity index is 981. The summed E-state index contributed by atoms with van der Waals surface area (Å²) >= 11 is 0. The predicted molar refractivity (Wildman–Crippen MR) is 108 cm³/mol. The van der Waals surface area contributed by atoms with E-state index in [4.69, 9.17) is 4.84 Å². The number of nitrogens with zero attached hydrogens (tertiary/aromatic N) is 4. The van der Waals surface area contributed by atoms with Crippen molar-refractivity contribution in [1.29, 1.82) is 0 Å². The topological polar surface area (TPSA) is 60.3 Å². The van der Waals surface area contributed by atoms with Crippen LogP contribution in [0.25, 0.3) is 11.0 Å². The fourth-order valence-electron chi connectivity index (χ4n) is 3.63. The highest BCUT2D eigenvalue weighted by atomic mass is 16.7. The molecular weight excluding hydrogens is 352 g/mol. The molecule has 1 aliphatic rings. The van der Waals surface area contributed by atoms with Crippen molar-refractivity contribution in [3.8, 4) is 0 Å². The summed E-state index contributed by atoms with van der Waals surface area (Å²) in [6.45, 7) is 4.21. The molecule has 1 atom stereocenters. The second-order valence-electron chi connectivity index (χ2n) is 6.99. The maximum absolute atomic E-state index is 12.4. The summed E-state index contributed by atoms with van der Waals surface area (Å²) in [5, 5.41) is 8.43. The van der Waals surface area contributed by atoms with Crippen molar-refractivity contribution in [2.45, 2.75) is 32.2 Å². The van der Waals surface area contributed by atoms with E-state index in [2.05, 4.69) is 40.4 Å². The average Bonchev–Trinajstić information content (AvgIpc) is 3.16. The Morgan fingerprint density at radius 2 is 2.00 bits per heavy atom. The highest BCUT2D eigenvalue weighted by Gasteiger charge is 2.25. The Hall–Kier alpha value is -2.99. The van der Waals surface area contributed by atoms with Gasteiger partial charge in [-0.05, 0) is 48.4 Å². The van der Waals surface area contributed by atoms with Crippen LogP contribution in [0.4, 0.5) is 0 Å². The standard InChI is InChI=1S/C22H24N4O2/c1-2-3-15-25-16-8-7-13-19(25)18-12-9-14-20-21(18)23-24-26(20)28-22(27)17-10-5-4-6-11-17/h4-12,14,19H,2-3,13,15-16H2,1H3. The van der Waals surface area contributed by atoms with Gasteiger partial charge in [0.1, 0.15) is 11.0 Å². The molecule has 0 bridgehead atoms. The van der Waals surface area contributed by atoms with E-state index in [1.54, 1.807) is 24.3 Å². The molecule has 1 aliphatic heterocycles. The van der Waals surface area contributed by atoms with E-state index in [1.165, 1.54) is 17.7 Å². The second-order valence-corrected chi connectivity index (χ2v) is 6.99. The predicted octanol–water partition coefficient (Wildman–Crippen LogP) is 3.80. The van der Waals surface area contributed by atoms with Crippen LogP contribution < -0.4 is 4.84 Å². The number of rotatable bonds is 6. The van der Waals surface area contributed by atoms with Crippen LogP contribution in [0.15, 0.2) is 60.7 Å². The van der Waals surface area contributed by atoms with Crippen molar-refractivity contribution in [1.82, 2.24) is 20.1 Å². The van der Waals surface area contributed by atoms with E-state index in [-0.39, 0.29) is 6.04 Å². The summed E-state index contributed by atoms with van der Waals surface area (Å²) in [4.78, 5) is 21.6. The molecule has 1 aromatic heterocycles. The first-order chi connectivity index (χ1) is 13.8. The quantitative estimate of drug-likeness (QED) is 0.484. The summed E-state index contributed by atoms with van der Waals surface area (Å²) in [5.41, 5.74) is 3.09. The van der Waals surface area contributed by atoms with Gasteiger partial charge in [-0.3, -0.25) is 4.90 Å². The molecule has 2 heterocycles. The first kappa shape index (κ1) is 18.4. The highest BCUT2D eigenvalue weighted by molar-refractivity contribution is 5.90. The molecule has 4 rings (SSSR count). The molecule has 0 saturated carbocycles. The SMILES string of the molecule is CCCCN1CC=CCC1c1cccc2c1nnn2OC(=O)c1ccccc1. The molecule has 0 spiro atoms. The van der Waals surface area contributed by atoms with Gasteiger partial charge in [-0.2, -0.15) is 0 Å². The lowest BCUT2D eigenvalue weighted by Gasteiger charge is -2.33. The Morgan fingerprint density at radius 1 is 1.14 bits per heavy atom. The molecule has 1 unspecified atom stereocenters. The Labute approximate surface area is 164 Å².